The number of hydrogen-bond acceptors (Lipinski definition) is 4. The van der Waals surface area contributed by atoms with Gasteiger partial charge in [-0.15, -0.1) is 0 Å². The molecule has 0 aliphatic heterocycles. The van der Waals surface area contributed by atoms with E-state index >= 15 is 0 Å². The number of benzene rings is 1. The van der Waals surface area contributed by atoms with Crippen LogP contribution in [-0.2, 0) is 0 Å². The van der Waals surface area contributed by atoms with Crippen LogP contribution < -0.4 is 5.73 Å². The van der Waals surface area contributed by atoms with Gasteiger partial charge in [0.1, 0.15) is 5.69 Å². The van der Waals surface area contributed by atoms with E-state index in [1.54, 1.807) is 24.3 Å². The predicted molar refractivity (Wildman–Crippen MR) is 65.2 cm³/mol. The van der Waals surface area contributed by atoms with E-state index in [-0.39, 0.29) is 11.4 Å². The second-order valence-corrected chi connectivity index (χ2v) is 3.19. The summed E-state index contributed by atoms with van der Waals surface area (Å²) in [5, 5.41) is 14.2. The van der Waals surface area contributed by atoms with Gasteiger partial charge >= 0.3 is 0 Å². The Labute approximate surface area is 97.3 Å². The maximum absolute atomic E-state index is 10.8. The highest BCUT2D eigenvalue weighted by atomic mass is 16.6. The number of anilines is 1. The zero-order valence-electron chi connectivity index (χ0n) is 8.98. The van der Waals surface area contributed by atoms with Crippen LogP contribution in [0.25, 0.3) is 16.5 Å². The fourth-order valence-electron chi connectivity index (χ4n) is 1.31. The van der Waals surface area contributed by atoms with Crippen molar-refractivity contribution < 1.29 is 4.92 Å². The second-order valence-electron chi connectivity index (χ2n) is 3.19. The second kappa shape index (κ2) is 6.14. The molecule has 0 saturated carbocycles. The summed E-state index contributed by atoms with van der Waals surface area (Å²) in [6, 6.07) is 4.74. The van der Waals surface area contributed by atoms with Gasteiger partial charge in [-0.3, -0.25) is 10.1 Å². The maximum atomic E-state index is 10.8. The third-order valence-electron chi connectivity index (χ3n) is 2.04. The highest BCUT2D eigenvalue weighted by Gasteiger charge is 2.14. The average Bonchev–Trinajstić information content (AvgIpc) is 2.28. The third kappa shape index (κ3) is 3.51. The van der Waals surface area contributed by atoms with Crippen LogP contribution in [0.1, 0.15) is 12.0 Å². The Balaban J connectivity index is 2.87. The molecule has 0 amide bonds. The van der Waals surface area contributed by atoms with Gasteiger partial charge in [-0.05, 0) is 24.1 Å². The number of rotatable bonds is 5. The van der Waals surface area contributed by atoms with Crippen LogP contribution in [0.3, 0.4) is 0 Å². The Morgan fingerprint density at radius 2 is 2.35 bits per heavy atom. The van der Waals surface area contributed by atoms with E-state index in [2.05, 4.69) is 10.0 Å². The first-order valence-electron chi connectivity index (χ1n) is 4.87. The van der Waals surface area contributed by atoms with Gasteiger partial charge in [0.05, 0.1) is 10.5 Å². The molecule has 17 heavy (non-hydrogen) atoms. The molecule has 1 rings (SSSR count). The van der Waals surface area contributed by atoms with Crippen LogP contribution in [0.5, 0.6) is 0 Å². The molecule has 0 atom stereocenters. The SMILES string of the molecule is [N-]=[N+]=NCCC=Cc1cccc(N)c1[N+](=O)[O-]. The lowest BCUT2D eigenvalue weighted by atomic mass is 10.1. The number of nitrogen functional groups attached to an aromatic ring is 1. The van der Waals surface area contributed by atoms with E-state index in [1.165, 1.54) is 6.07 Å². The zero-order chi connectivity index (χ0) is 12.7. The van der Waals surface area contributed by atoms with Gasteiger partial charge in [-0.1, -0.05) is 23.3 Å². The van der Waals surface area contributed by atoms with Gasteiger partial charge in [0.25, 0.3) is 5.69 Å². The first-order chi connectivity index (χ1) is 8.16. The molecule has 1 aromatic carbocycles. The van der Waals surface area contributed by atoms with E-state index < -0.39 is 4.92 Å². The van der Waals surface area contributed by atoms with Crippen molar-refractivity contribution in [2.75, 3.05) is 12.3 Å². The van der Waals surface area contributed by atoms with Crippen LogP contribution in [0.4, 0.5) is 11.4 Å². The molecule has 0 fully saturated rings. The number of nitrogens with two attached hydrogens (primary N) is 1. The molecule has 0 aromatic heterocycles. The minimum atomic E-state index is -0.511. The van der Waals surface area contributed by atoms with Gasteiger partial charge in [0, 0.05) is 11.5 Å². The molecule has 0 heterocycles. The van der Waals surface area contributed by atoms with E-state index in [9.17, 15) is 10.1 Å². The van der Waals surface area contributed by atoms with Gasteiger partial charge < -0.3 is 5.73 Å². The van der Waals surface area contributed by atoms with Crippen molar-refractivity contribution in [3.05, 3.63) is 50.4 Å². The van der Waals surface area contributed by atoms with Crippen molar-refractivity contribution in [2.45, 2.75) is 6.42 Å². The Bertz CT molecular complexity index is 491. The largest absolute Gasteiger partial charge is 0.393 e. The van der Waals surface area contributed by atoms with Crippen molar-refractivity contribution >= 4 is 17.5 Å². The predicted octanol–water partition coefficient (Wildman–Crippen LogP) is 2.89. The number of nitro benzene ring substituents is 1. The lowest BCUT2D eigenvalue weighted by Gasteiger charge is -2.00. The molecule has 88 valence electrons. The van der Waals surface area contributed by atoms with Gasteiger partial charge in [-0.2, -0.15) is 0 Å². The monoisotopic (exact) mass is 233 g/mol. The van der Waals surface area contributed by atoms with Crippen LogP contribution >= 0.6 is 0 Å². The maximum Gasteiger partial charge on any atom is 0.299 e. The number of nitro groups is 1. The van der Waals surface area contributed by atoms with Gasteiger partial charge in [0.15, 0.2) is 0 Å². The number of azide groups is 1. The van der Waals surface area contributed by atoms with Crippen molar-refractivity contribution in [2.24, 2.45) is 5.11 Å². The van der Waals surface area contributed by atoms with Gasteiger partial charge in [-0.25, -0.2) is 0 Å². The summed E-state index contributed by atoms with van der Waals surface area (Å²) in [5.74, 6) is 0. The molecule has 7 nitrogen and oxygen atoms in total. The summed E-state index contributed by atoms with van der Waals surface area (Å²) in [6.07, 6.45) is 3.83. The van der Waals surface area contributed by atoms with Crippen LogP contribution in [-0.4, -0.2) is 11.5 Å². The Morgan fingerprint density at radius 1 is 1.59 bits per heavy atom. The topological polar surface area (TPSA) is 118 Å². The summed E-state index contributed by atoms with van der Waals surface area (Å²) >= 11 is 0. The molecular formula is C10H11N5O2. The third-order valence-corrected chi connectivity index (χ3v) is 2.04. The highest BCUT2D eigenvalue weighted by molar-refractivity contribution is 5.71. The van der Waals surface area contributed by atoms with E-state index in [4.69, 9.17) is 11.3 Å². The van der Waals surface area contributed by atoms with E-state index in [0.717, 1.165) is 0 Å². The minimum Gasteiger partial charge on any atom is -0.393 e. The van der Waals surface area contributed by atoms with E-state index in [0.29, 0.717) is 18.5 Å². The van der Waals surface area contributed by atoms with E-state index in [1.807, 2.05) is 0 Å². The molecule has 7 heteroatoms. The summed E-state index contributed by atoms with van der Waals surface area (Å²) < 4.78 is 0. The quantitative estimate of drug-likeness (QED) is 0.160. The number of hydrogen-bond donors (Lipinski definition) is 1. The standard InChI is InChI=1S/C10H11N5O2/c11-9-6-3-5-8(10(9)15(16)17)4-1-2-7-13-14-12/h1,3-6H,2,7,11H2. The van der Waals surface area contributed by atoms with Gasteiger partial charge in [0.2, 0.25) is 0 Å². The summed E-state index contributed by atoms with van der Waals surface area (Å²) in [7, 11) is 0. The molecule has 0 radical (unpaired) electrons. The smallest absolute Gasteiger partial charge is 0.299 e. The van der Waals surface area contributed by atoms with Crippen LogP contribution in [0.2, 0.25) is 0 Å². The minimum absolute atomic E-state index is 0.104. The molecule has 0 spiro atoms. The number of nitrogens with zero attached hydrogens (tertiary/aromatic N) is 4. The molecule has 0 unspecified atom stereocenters. The average molecular weight is 233 g/mol. The Hall–Kier alpha value is -2.53. The van der Waals surface area contributed by atoms with Crippen LogP contribution in [0.15, 0.2) is 29.4 Å². The molecular weight excluding hydrogens is 222 g/mol. The molecule has 2 N–H and O–H groups in total. The zero-order valence-corrected chi connectivity index (χ0v) is 8.98. The summed E-state index contributed by atoms with van der Waals surface area (Å²) in [6.45, 7) is 0.323. The molecule has 0 saturated heterocycles. The lowest BCUT2D eigenvalue weighted by molar-refractivity contribution is -0.384. The first kappa shape index (κ1) is 12.5. The van der Waals surface area contributed by atoms with Crippen LogP contribution in [0, 0.1) is 10.1 Å². The fourth-order valence-corrected chi connectivity index (χ4v) is 1.31. The molecule has 0 aliphatic rings. The fraction of sp³-hybridized carbons (Fsp3) is 0.200. The lowest BCUT2D eigenvalue weighted by Crippen LogP contribution is -1.97. The summed E-state index contributed by atoms with van der Waals surface area (Å²) in [4.78, 5) is 12.9. The first-order valence-corrected chi connectivity index (χ1v) is 4.87. The molecule has 1 aromatic rings. The van der Waals surface area contributed by atoms with Crippen molar-refractivity contribution in [1.29, 1.82) is 0 Å². The van der Waals surface area contributed by atoms with Crippen molar-refractivity contribution in [1.82, 2.24) is 0 Å². The number of para-hydroxylation sites is 1. The highest BCUT2D eigenvalue weighted by Crippen LogP contribution is 2.26. The Morgan fingerprint density at radius 3 is 3.00 bits per heavy atom. The Kier molecular flexibility index (Phi) is 4.53. The summed E-state index contributed by atoms with van der Waals surface area (Å²) in [5.41, 5.74) is 14.1. The molecule has 0 aliphatic carbocycles. The molecule has 0 bridgehead atoms. The van der Waals surface area contributed by atoms with Crippen molar-refractivity contribution in [3.63, 3.8) is 0 Å². The van der Waals surface area contributed by atoms with Crippen molar-refractivity contribution in [3.8, 4) is 0 Å². The normalized spacial score (nSPS) is 10.1.